The minimum absolute atomic E-state index is 0.0823. The highest BCUT2D eigenvalue weighted by atomic mass is 79.9. The quantitative estimate of drug-likeness (QED) is 0.260. The van der Waals surface area contributed by atoms with Crippen molar-refractivity contribution >= 4 is 56.8 Å². The molecule has 43 heavy (non-hydrogen) atoms. The van der Waals surface area contributed by atoms with E-state index >= 15 is 0 Å². The zero-order chi connectivity index (χ0) is 30.2. The average Bonchev–Trinajstić information content (AvgIpc) is 3.40. The van der Waals surface area contributed by atoms with Gasteiger partial charge >= 0.3 is 0 Å². The second-order valence-electron chi connectivity index (χ2n) is 11.4. The van der Waals surface area contributed by atoms with Crippen molar-refractivity contribution in [1.29, 1.82) is 0 Å². The van der Waals surface area contributed by atoms with Crippen molar-refractivity contribution < 1.29 is 28.7 Å². The normalized spacial score (nSPS) is 29.5. The minimum Gasteiger partial charge on any atom is -0.508 e. The Hall–Kier alpha value is -4.02. The number of hydrazine groups is 1. The molecule has 7 rings (SSSR count). The molecule has 0 spiro atoms. The van der Waals surface area contributed by atoms with E-state index in [1.54, 1.807) is 36.4 Å². The Morgan fingerprint density at radius 1 is 0.977 bits per heavy atom. The van der Waals surface area contributed by atoms with Crippen molar-refractivity contribution in [2.24, 2.45) is 23.7 Å². The third-order valence-electron chi connectivity index (χ3n) is 9.40. The fourth-order valence-corrected chi connectivity index (χ4v) is 8.17. The fourth-order valence-electron chi connectivity index (χ4n) is 7.67. The number of nitrogens with zero attached hydrogens (tertiary/aromatic N) is 1. The topological polar surface area (TPSA) is 116 Å². The van der Waals surface area contributed by atoms with Gasteiger partial charge in [0.25, 0.3) is 11.8 Å². The van der Waals surface area contributed by atoms with Gasteiger partial charge in [0.15, 0.2) is 0 Å². The summed E-state index contributed by atoms with van der Waals surface area (Å²) in [5.41, 5.74) is 3.29. The van der Waals surface area contributed by atoms with E-state index < -0.39 is 58.5 Å². The number of carbonyl (C=O) groups is 4. The monoisotopic (exact) mass is 663 g/mol. The molecule has 2 aliphatic heterocycles. The minimum atomic E-state index is -1.55. The molecule has 0 aromatic heterocycles. The standard InChI is InChI=1S/C32H24BrClFN3O5/c33-16-3-12-25(39)23(13-16)27-20-10-11-21-26(29(41)36-28(21)40)22(20)14-24-30(42)38(37-19-8-6-18(35)7-9-19)31(43)32(24,27)15-1-4-17(34)5-2-15/h1-10,12-13,21-22,24,26-27,37,39H,11,14H2,(H,36,40,41)/t21-,22+,24-,26-,27+,32+/m0/s1. The highest BCUT2D eigenvalue weighted by molar-refractivity contribution is 9.10. The summed E-state index contributed by atoms with van der Waals surface area (Å²) in [4.78, 5) is 55.2. The molecule has 3 fully saturated rings. The number of benzene rings is 3. The molecule has 3 N–H and O–H groups in total. The van der Waals surface area contributed by atoms with Crippen LogP contribution in [-0.2, 0) is 24.6 Å². The summed E-state index contributed by atoms with van der Waals surface area (Å²) in [6.07, 6.45) is 2.30. The first kappa shape index (κ1) is 27.8. The summed E-state index contributed by atoms with van der Waals surface area (Å²) in [5, 5.41) is 15.2. The Bertz CT molecular complexity index is 1750. The van der Waals surface area contributed by atoms with Crippen LogP contribution in [0.4, 0.5) is 10.1 Å². The first-order chi connectivity index (χ1) is 20.6. The summed E-state index contributed by atoms with van der Waals surface area (Å²) < 4.78 is 14.3. The Morgan fingerprint density at radius 2 is 1.70 bits per heavy atom. The van der Waals surface area contributed by atoms with Crippen LogP contribution in [-0.4, -0.2) is 33.7 Å². The fraction of sp³-hybridized carbons (Fsp3) is 0.250. The lowest BCUT2D eigenvalue weighted by atomic mass is 9.49. The summed E-state index contributed by atoms with van der Waals surface area (Å²) in [5.74, 6) is -6.11. The van der Waals surface area contributed by atoms with Crippen LogP contribution in [0.2, 0.25) is 5.02 Å². The number of halogens is 3. The number of carbonyl (C=O) groups excluding carboxylic acids is 4. The van der Waals surface area contributed by atoms with Gasteiger partial charge in [0.1, 0.15) is 11.6 Å². The molecule has 3 aromatic carbocycles. The molecule has 2 heterocycles. The molecular formula is C32H24BrClFN3O5. The lowest BCUT2D eigenvalue weighted by Gasteiger charge is -2.50. The van der Waals surface area contributed by atoms with E-state index in [1.807, 2.05) is 6.08 Å². The van der Waals surface area contributed by atoms with Gasteiger partial charge in [0.2, 0.25) is 11.8 Å². The molecule has 1 saturated carbocycles. The molecular weight excluding hydrogens is 641 g/mol. The van der Waals surface area contributed by atoms with Gasteiger partial charge in [-0.2, -0.15) is 5.01 Å². The molecule has 0 unspecified atom stereocenters. The van der Waals surface area contributed by atoms with E-state index in [2.05, 4.69) is 26.7 Å². The van der Waals surface area contributed by atoms with E-state index in [4.69, 9.17) is 11.6 Å². The van der Waals surface area contributed by atoms with Crippen molar-refractivity contribution in [3.63, 3.8) is 0 Å². The summed E-state index contributed by atoms with van der Waals surface area (Å²) in [7, 11) is 0. The first-order valence-corrected chi connectivity index (χ1v) is 15.0. The SMILES string of the molecule is O=C1NC(=O)[C@H]2CC=C3[C@@H](C[C@H]4C(=O)N(Nc5ccc(F)cc5)C(=O)[C@@]4(c4ccc(Cl)cc4)[C@H]3c3cc(Br)ccc3O)[C@@H]12. The molecule has 0 radical (unpaired) electrons. The number of allylic oxidation sites excluding steroid dienone is 2. The van der Waals surface area contributed by atoms with E-state index in [-0.39, 0.29) is 24.5 Å². The highest BCUT2D eigenvalue weighted by Gasteiger charge is 2.70. The Balaban J connectivity index is 1.49. The number of aromatic hydroxyl groups is 1. The molecule has 2 saturated heterocycles. The van der Waals surface area contributed by atoms with Crippen LogP contribution in [0.1, 0.15) is 29.9 Å². The maximum absolute atomic E-state index is 14.9. The van der Waals surface area contributed by atoms with Crippen LogP contribution < -0.4 is 10.7 Å². The van der Waals surface area contributed by atoms with Crippen LogP contribution in [0, 0.1) is 29.5 Å². The number of anilines is 1. The van der Waals surface area contributed by atoms with Crippen LogP contribution in [0.15, 0.2) is 82.9 Å². The lowest BCUT2D eigenvalue weighted by molar-refractivity contribution is -0.138. The number of hydrogen-bond donors (Lipinski definition) is 3. The summed E-state index contributed by atoms with van der Waals surface area (Å²) in [6.45, 7) is 0. The predicted octanol–water partition coefficient (Wildman–Crippen LogP) is 5.22. The van der Waals surface area contributed by atoms with Gasteiger partial charge in [-0.25, -0.2) is 4.39 Å². The van der Waals surface area contributed by atoms with Gasteiger partial charge in [-0.05, 0) is 78.9 Å². The third-order valence-corrected chi connectivity index (χ3v) is 10.1. The molecule has 4 amide bonds. The van der Waals surface area contributed by atoms with Crippen molar-refractivity contribution in [3.8, 4) is 5.75 Å². The highest BCUT2D eigenvalue weighted by Crippen LogP contribution is 2.64. The smallest absolute Gasteiger partial charge is 0.260 e. The van der Waals surface area contributed by atoms with Crippen LogP contribution >= 0.6 is 27.5 Å². The molecule has 11 heteroatoms. The van der Waals surface area contributed by atoms with Gasteiger partial charge < -0.3 is 5.11 Å². The number of hydrogen-bond acceptors (Lipinski definition) is 6. The van der Waals surface area contributed by atoms with Crippen LogP contribution in [0.5, 0.6) is 5.75 Å². The number of phenols is 1. The van der Waals surface area contributed by atoms with Crippen molar-refractivity contribution in [3.05, 3.63) is 105 Å². The number of fused-ring (bicyclic) bond motifs is 4. The lowest BCUT2D eigenvalue weighted by Crippen LogP contribution is -2.53. The van der Waals surface area contributed by atoms with Crippen molar-refractivity contribution in [2.75, 3.05) is 5.43 Å². The first-order valence-electron chi connectivity index (χ1n) is 13.8. The molecule has 8 nitrogen and oxygen atoms in total. The van der Waals surface area contributed by atoms with Crippen molar-refractivity contribution in [2.45, 2.75) is 24.2 Å². The van der Waals surface area contributed by atoms with E-state index in [0.717, 1.165) is 10.6 Å². The second-order valence-corrected chi connectivity index (χ2v) is 12.8. The number of amides is 4. The van der Waals surface area contributed by atoms with Gasteiger partial charge in [-0.15, -0.1) is 0 Å². The molecule has 6 atom stereocenters. The zero-order valence-electron chi connectivity index (χ0n) is 22.4. The molecule has 2 aliphatic carbocycles. The Kier molecular flexibility index (Phi) is 6.48. The maximum atomic E-state index is 14.9. The maximum Gasteiger partial charge on any atom is 0.260 e. The largest absolute Gasteiger partial charge is 0.508 e. The number of imide groups is 2. The third kappa shape index (κ3) is 4.06. The van der Waals surface area contributed by atoms with E-state index in [1.165, 1.54) is 30.3 Å². The molecule has 4 aliphatic rings. The van der Waals surface area contributed by atoms with Gasteiger partial charge in [-0.1, -0.05) is 51.3 Å². The number of nitrogens with one attached hydrogen (secondary N) is 2. The van der Waals surface area contributed by atoms with Gasteiger partial charge in [0.05, 0.1) is 28.9 Å². The van der Waals surface area contributed by atoms with E-state index in [0.29, 0.717) is 26.3 Å². The van der Waals surface area contributed by atoms with Gasteiger partial charge in [0, 0.05) is 21.0 Å². The molecule has 3 aromatic rings. The number of rotatable bonds is 4. The summed E-state index contributed by atoms with van der Waals surface area (Å²) in [6, 6.07) is 16.9. The van der Waals surface area contributed by atoms with Crippen LogP contribution in [0.25, 0.3) is 0 Å². The zero-order valence-corrected chi connectivity index (χ0v) is 24.7. The Labute approximate surface area is 259 Å². The summed E-state index contributed by atoms with van der Waals surface area (Å²) >= 11 is 9.76. The second kappa shape index (κ2) is 10.0. The average molecular weight is 665 g/mol. The van der Waals surface area contributed by atoms with Crippen molar-refractivity contribution in [1.82, 2.24) is 10.3 Å². The van der Waals surface area contributed by atoms with Crippen LogP contribution in [0.3, 0.4) is 0 Å². The Morgan fingerprint density at radius 3 is 2.42 bits per heavy atom. The molecule has 0 bridgehead atoms. The number of phenolic OH excluding ortho intramolecular Hbond substituents is 1. The van der Waals surface area contributed by atoms with E-state index in [9.17, 15) is 28.7 Å². The van der Waals surface area contributed by atoms with Gasteiger partial charge in [-0.3, -0.25) is 29.9 Å². The molecule has 218 valence electrons. The predicted molar refractivity (Wildman–Crippen MR) is 158 cm³/mol.